The Balaban J connectivity index is 1.76. The Hall–Kier alpha value is -1.26. The van der Waals surface area contributed by atoms with Crippen LogP contribution in [0.5, 0.6) is 0 Å². The third-order valence-corrected chi connectivity index (χ3v) is 3.85. The predicted octanol–water partition coefficient (Wildman–Crippen LogP) is 1.15. The molecule has 2 aliphatic rings. The van der Waals surface area contributed by atoms with Gasteiger partial charge in [0.1, 0.15) is 0 Å². The van der Waals surface area contributed by atoms with Crippen molar-refractivity contribution in [3.63, 3.8) is 0 Å². The van der Waals surface area contributed by atoms with E-state index in [1.807, 2.05) is 0 Å². The van der Waals surface area contributed by atoms with E-state index in [9.17, 15) is 9.59 Å². The molecule has 1 heterocycles. The summed E-state index contributed by atoms with van der Waals surface area (Å²) in [6.45, 7) is 3.93. The van der Waals surface area contributed by atoms with Gasteiger partial charge in [-0.25, -0.2) is 4.79 Å². The quantitative estimate of drug-likeness (QED) is 0.777. The lowest BCUT2D eigenvalue weighted by atomic mass is 9.99. The summed E-state index contributed by atoms with van der Waals surface area (Å²) >= 11 is 0. The van der Waals surface area contributed by atoms with Crippen LogP contribution >= 0.6 is 0 Å². The summed E-state index contributed by atoms with van der Waals surface area (Å²) in [5.74, 6) is 0.162. The van der Waals surface area contributed by atoms with E-state index < -0.39 is 11.9 Å². The first-order valence-electron chi connectivity index (χ1n) is 6.33. The normalized spacial score (nSPS) is 32.1. The van der Waals surface area contributed by atoms with Crippen LogP contribution in [0.2, 0.25) is 0 Å². The van der Waals surface area contributed by atoms with Crippen molar-refractivity contribution in [1.29, 1.82) is 0 Å². The third kappa shape index (κ3) is 3.11. The highest BCUT2D eigenvalue weighted by Gasteiger charge is 2.33. The number of carbonyl (C=O) groups is 2. The Kier molecular flexibility index (Phi) is 3.54. The maximum Gasteiger partial charge on any atom is 0.317 e. The molecule has 1 saturated heterocycles. The van der Waals surface area contributed by atoms with E-state index in [4.69, 9.17) is 5.11 Å². The molecule has 2 fully saturated rings. The molecule has 2 unspecified atom stereocenters. The van der Waals surface area contributed by atoms with Crippen molar-refractivity contribution in [3.8, 4) is 0 Å². The molecule has 0 aromatic carbocycles. The number of nitrogens with zero attached hydrogens (tertiary/aromatic N) is 1. The number of piperidine rings is 1. The number of carboxylic acid groups (broad SMARTS) is 1. The van der Waals surface area contributed by atoms with E-state index in [-0.39, 0.29) is 6.03 Å². The zero-order valence-corrected chi connectivity index (χ0v) is 10.2. The van der Waals surface area contributed by atoms with Crippen molar-refractivity contribution in [1.82, 2.24) is 10.2 Å². The highest BCUT2D eigenvalue weighted by Crippen LogP contribution is 2.36. The first kappa shape index (κ1) is 12.2. The standard InChI is InChI=1S/C12H20N2O3/c1-8-5-10(8)6-13-12(17)14-4-2-3-9(7-14)11(15)16/h8-10H,2-7H2,1H3,(H,13,17)(H,15,16)/t8?,9-,10?/m1/s1. The monoisotopic (exact) mass is 240 g/mol. The summed E-state index contributed by atoms with van der Waals surface area (Å²) in [5, 5.41) is 11.8. The van der Waals surface area contributed by atoms with Gasteiger partial charge < -0.3 is 15.3 Å². The van der Waals surface area contributed by atoms with Gasteiger partial charge in [-0.3, -0.25) is 4.79 Å². The van der Waals surface area contributed by atoms with Crippen LogP contribution in [0.3, 0.4) is 0 Å². The van der Waals surface area contributed by atoms with Gasteiger partial charge in [0.2, 0.25) is 0 Å². The average molecular weight is 240 g/mol. The van der Waals surface area contributed by atoms with Crippen molar-refractivity contribution in [2.75, 3.05) is 19.6 Å². The number of aliphatic carboxylic acids is 1. The van der Waals surface area contributed by atoms with Gasteiger partial charge >= 0.3 is 12.0 Å². The van der Waals surface area contributed by atoms with E-state index in [1.165, 1.54) is 6.42 Å². The molecule has 96 valence electrons. The number of hydrogen-bond acceptors (Lipinski definition) is 2. The van der Waals surface area contributed by atoms with Crippen molar-refractivity contribution in [3.05, 3.63) is 0 Å². The van der Waals surface area contributed by atoms with Gasteiger partial charge in [0.25, 0.3) is 0 Å². The summed E-state index contributed by atoms with van der Waals surface area (Å²) in [6, 6.07) is -0.102. The topological polar surface area (TPSA) is 69.6 Å². The summed E-state index contributed by atoms with van der Waals surface area (Å²) in [5.41, 5.74) is 0. The van der Waals surface area contributed by atoms with Crippen molar-refractivity contribution >= 4 is 12.0 Å². The molecular weight excluding hydrogens is 220 g/mol. The van der Waals surface area contributed by atoms with Gasteiger partial charge in [-0.2, -0.15) is 0 Å². The van der Waals surface area contributed by atoms with E-state index in [2.05, 4.69) is 12.2 Å². The molecule has 5 nitrogen and oxygen atoms in total. The Morgan fingerprint density at radius 3 is 2.76 bits per heavy atom. The molecule has 2 amide bonds. The molecule has 2 rings (SSSR count). The largest absolute Gasteiger partial charge is 0.481 e. The zero-order valence-electron chi connectivity index (χ0n) is 10.2. The molecule has 1 aliphatic heterocycles. The number of rotatable bonds is 3. The maximum absolute atomic E-state index is 11.8. The number of urea groups is 1. The van der Waals surface area contributed by atoms with Gasteiger partial charge in [0.05, 0.1) is 5.92 Å². The second kappa shape index (κ2) is 4.94. The van der Waals surface area contributed by atoms with Crippen LogP contribution in [0, 0.1) is 17.8 Å². The lowest BCUT2D eigenvalue weighted by Crippen LogP contribution is -2.47. The van der Waals surface area contributed by atoms with Gasteiger partial charge in [0.15, 0.2) is 0 Å². The van der Waals surface area contributed by atoms with Gasteiger partial charge in [-0.15, -0.1) is 0 Å². The molecule has 3 atom stereocenters. The van der Waals surface area contributed by atoms with Crippen LogP contribution in [0.15, 0.2) is 0 Å². The number of likely N-dealkylation sites (tertiary alicyclic amines) is 1. The van der Waals surface area contributed by atoms with Crippen molar-refractivity contribution in [2.45, 2.75) is 26.2 Å². The molecule has 1 saturated carbocycles. The molecule has 0 radical (unpaired) electrons. The van der Waals surface area contributed by atoms with Crippen molar-refractivity contribution in [2.24, 2.45) is 17.8 Å². The van der Waals surface area contributed by atoms with E-state index in [0.717, 1.165) is 18.9 Å². The minimum atomic E-state index is -0.793. The highest BCUT2D eigenvalue weighted by molar-refractivity contribution is 5.76. The molecule has 2 N–H and O–H groups in total. The van der Waals surface area contributed by atoms with Gasteiger partial charge in [-0.05, 0) is 31.1 Å². The lowest BCUT2D eigenvalue weighted by molar-refractivity contribution is -0.143. The first-order valence-corrected chi connectivity index (χ1v) is 6.33. The highest BCUT2D eigenvalue weighted by atomic mass is 16.4. The Labute approximate surface area is 101 Å². The molecule has 0 aromatic rings. The molecule has 0 aromatic heterocycles. The Morgan fingerprint density at radius 1 is 1.47 bits per heavy atom. The van der Waals surface area contributed by atoms with Crippen LogP contribution in [-0.4, -0.2) is 41.6 Å². The van der Waals surface area contributed by atoms with Gasteiger partial charge in [-0.1, -0.05) is 6.92 Å². The molecule has 0 spiro atoms. The SMILES string of the molecule is CC1CC1CNC(=O)N1CCC[C@@H](C(=O)O)C1. The van der Waals surface area contributed by atoms with E-state index >= 15 is 0 Å². The van der Waals surface area contributed by atoms with Crippen LogP contribution in [-0.2, 0) is 4.79 Å². The average Bonchev–Trinajstić information content (AvgIpc) is 3.02. The van der Waals surface area contributed by atoms with E-state index in [1.54, 1.807) is 4.90 Å². The molecule has 5 heteroatoms. The second-order valence-electron chi connectivity index (χ2n) is 5.28. The zero-order chi connectivity index (χ0) is 12.4. The lowest BCUT2D eigenvalue weighted by Gasteiger charge is -2.30. The first-order chi connectivity index (χ1) is 8.08. The predicted molar refractivity (Wildman–Crippen MR) is 62.6 cm³/mol. The molecule has 17 heavy (non-hydrogen) atoms. The molecule has 0 bridgehead atoms. The molecule has 1 aliphatic carbocycles. The van der Waals surface area contributed by atoms with Crippen LogP contribution in [0.25, 0.3) is 0 Å². The third-order valence-electron chi connectivity index (χ3n) is 3.85. The van der Waals surface area contributed by atoms with Crippen molar-refractivity contribution < 1.29 is 14.7 Å². The Bertz CT molecular complexity index is 319. The number of nitrogens with one attached hydrogen (secondary N) is 1. The fraction of sp³-hybridized carbons (Fsp3) is 0.833. The maximum atomic E-state index is 11.8. The fourth-order valence-electron chi connectivity index (χ4n) is 2.38. The Morgan fingerprint density at radius 2 is 2.18 bits per heavy atom. The summed E-state index contributed by atoms with van der Waals surface area (Å²) in [4.78, 5) is 24.3. The number of hydrogen-bond donors (Lipinski definition) is 2. The van der Waals surface area contributed by atoms with Crippen LogP contribution < -0.4 is 5.32 Å². The smallest absolute Gasteiger partial charge is 0.317 e. The minimum Gasteiger partial charge on any atom is -0.481 e. The second-order valence-corrected chi connectivity index (χ2v) is 5.28. The number of amides is 2. The summed E-state index contributed by atoms with van der Waals surface area (Å²) in [6.07, 6.45) is 2.65. The molecular formula is C12H20N2O3. The number of carbonyl (C=O) groups excluding carboxylic acids is 1. The fourth-order valence-corrected chi connectivity index (χ4v) is 2.38. The summed E-state index contributed by atoms with van der Waals surface area (Å²) in [7, 11) is 0. The minimum absolute atomic E-state index is 0.102. The van der Waals surface area contributed by atoms with E-state index in [0.29, 0.717) is 25.4 Å². The van der Waals surface area contributed by atoms with Gasteiger partial charge in [0, 0.05) is 19.6 Å². The number of carboxylic acids is 1. The van der Waals surface area contributed by atoms with Crippen LogP contribution in [0.4, 0.5) is 4.79 Å². The van der Waals surface area contributed by atoms with Crippen LogP contribution in [0.1, 0.15) is 26.2 Å². The summed E-state index contributed by atoms with van der Waals surface area (Å²) < 4.78 is 0.